The van der Waals surface area contributed by atoms with Crippen molar-refractivity contribution in [3.63, 3.8) is 0 Å². The summed E-state index contributed by atoms with van der Waals surface area (Å²) < 4.78 is 0. The van der Waals surface area contributed by atoms with Gasteiger partial charge in [0.15, 0.2) is 0 Å². The third kappa shape index (κ3) is 1.94. The second kappa shape index (κ2) is 4.93. The number of carbonyl (C=O) groups is 1. The molecule has 3 fully saturated rings. The van der Waals surface area contributed by atoms with Crippen LogP contribution in [0.4, 0.5) is 0 Å². The molecule has 0 spiro atoms. The number of aliphatic hydroxyl groups is 1. The van der Waals surface area contributed by atoms with Crippen molar-refractivity contribution >= 4 is 5.78 Å². The number of nitrogens with zero attached hydrogens (tertiary/aromatic N) is 1. The number of Topliss-reactive ketones (excluding diaryl/α,β-unsaturated/α-hetero) is 1. The maximum Gasteiger partial charge on any atom is 0.140 e. The highest BCUT2D eigenvalue weighted by atomic mass is 16.3. The van der Waals surface area contributed by atoms with Gasteiger partial charge in [0.2, 0.25) is 0 Å². The Morgan fingerprint density at radius 2 is 1.96 bits per heavy atom. The fourth-order valence-electron chi connectivity index (χ4n) is 6.65. The van der Waals surface area contributed by atoms with Gasteiger partial charge < -0.3 is 5.11 Å². The molecule has 0 radical (unpaired) electrons. The quantitative estimate of drug-likeness (QED) is 0.695. The van der Waals surface area contributed by atoms with Crippen molar-refractivity contribution in [1.29, 1.82) is 5.26 Å². The Bertz CT molecular complexity index is 618. The number of nitriles is 1. The smallest absolute Gasteiger partial charge is 0.140 e. The van der Waals surface area contributed by atoms with Crippen LogP contribution >= 0.6 is 0 Å². The third-order valence-electron chi connectivity index (χ3n) is 7.97. The molecule has 23 heavy (non-hydrogen) atoms. The maximum atomic E-state index is 12.6. The van der Waals surface area contributed by atoms with Crippen LogP contribution in [0.3, 0.4) is 0 Å². The Hall–Kier alpha value is -1.14. The van der Waals surface area contributed by atoms with Crippen molar-refractivity contribution < 1.29 is 9.90 Å². The second-order valence-corrected chi connectivity index (χ2v) is 8.89. The third-order valence-corrected chi connectivity index (χ3v) is 7.97. The predicted octanol–water partition coefficient (Wildman–Crippen LogP) is 3.63. The zero-order valence-corrected chi connectivity index (χ0v) is 14.2. The lowest BCUT2D eigenvalue weighted by Crippen LogP contribution is -2.51. The van der Waals surface area contributed by atoms with Gasteiger partial charge in [-0.25, -0.2) is 0 Å². The van der Waals surface area contributed by atoms with Crippen molar-refractivity contribution in [3.8, 4) is 6.07 Å². The lowest BCUT2D eigenvalue weighted by Gasteiger charge is -2.57. The largest absolute Gasteiger partial charge is 0.393 e. The SMILES string of the molecule is C[C@]12CC[C@H](O)CC1=CC[C@H]1[C@@H]3[C@H](C#N)CC(=O)[C@@]3(C)CC[C@@H]12. The summed E-state index contributed by atoms with van der Waals surface area (Å²) >= 11 is 0. The standard InChI is InChI=1S/C20H27NO2/c1-19-7-5-14(22)10-13(19)3-4-15-16(19)6-8-20(2)17(23)9-12(11-21)18(15)20/h3,12,14-16,18,22H,4-10H2,1-2H3/t12-,14-,15+,16-,18-,19-,20+/m0/s1. The molecule has 0 heterocycles. The fraction of sp³-hybridized carbons (Fsp3) is 0.800. The normalized spacial score (nSPS) is 52.0. The number of carbonyl (C=O) groups excluding carboxylic acids is 1. The molecule has 4 aliphatic carbocycles. The highest BCUT2D eigenvalue weighted by molar-refractivity contribution is 5.88. The van der Waals surface area contributed by atoms with Gasteiger partial charge >= 0.3 is 0 Å². The molecule has 0 saturated heterocycles. The summed E-state index contributed by atoms with van der Waals surface area (Å²) in [7, 11) is 0. The minimum atomic E-state index is -0.266. The van der Waals surface area contributed by atoms with Crippen LogP contribution in [-0.2, 0) is 4.79 Å². The monoisotopic (exact) mass is 313 g/mol. The molecule has 0 aromatic rings. The predicted molar refractivity (Wildman–Crippen MR) is 87.2 cm³/mol. The summed E-state index contributed by atoms with van der Waals surface area (Å²) in [6.45, 7) is 4.50. The highest BCUT2D eigenvalue weighted by Gasteiger charge is 2.61. The summed E-state index contributed by atoms with van der Waals surface area (Å²) in [6.07, 6.45) is 8.44. The highest BCUT2D eigenvalue weighted by Crippen LogP contribution is 2.65. The van der Waals surface area contributed by atoms with E-state index in [1.54, 1.807) is 0 Å². The van der Waals surface area contributed by atoms with E-state index in [1.165, 1.54) is 5.57 Å². The van der Waals surface area contributed by atoms with Crippen LogP contribution in [0.15, 0.2) is 11.6 Å². The number of aliphatic hydroxyl groups excluding tert-OH is 1. The maximum absolute atomic E-state index is 12.6. The minimum absolute atomic E-state index is 0.0898. The molecule has 4 aliphatic rings. The lowest BCUT2D eigenvalue weighted by atomic mass is 9.47. The van der Waals surface area contributed by atoms with Crippen LogP contribution in [0, 0.1) is 45.8 Å². The number of hydrogen-bond donors (Lipinski definition) is 1. The molecule has 3 nitrogen and oxygen atoms in total. The van der Waals surface area contributed by atoms with E-state index in [2.05, 4.69) is 26.0 Å². The summed E-state index contributed by atoms with van der Waals surface area (Å²) in [5.41, 5.74) is 1.35. The average Bonchev–Trinajstić information content (AvgIpc) is 2.79. The van der Waals surface area contributed by atoms with Crippen LogP contribution in [0.25, 0.3) is 0 Å². The number of allylic oxidation sites excluding steroid dienone is 1. The van der Waals surface area contributed by atoms with E-state index in [4.69, 9.17) is 0 Å². The second-order valence-electron chi connectivity index (χ2n) is 8.89. The zero-order chi connectivity index (χ0) is 16.4. The van der Waals surface area contributed by atoms with Crippen LogP contribution in [0.1, 0.15) is 58.8 Å². The van der Waals surface area contributed by atoms with Gasteiger partial charge in [-0.3, -0.25) is 4.79 Å². The van der Waals surface area contributed by atoms with Crippen molar-refractivity contribution in [1.82, 2.24) is 0 Å². The van der Waals surface area contributed by atoms with E-state index in [0.717, 1.165) is 38.5 Å². The van der Waals surface area contributed by atoms with E-state index < -0.39 is 0 Å². The molecular formula is C20H27NO2. The van der Waals surface area contributed by atoms with Crippen molar-refractivity contribution in [2.45, 2.75) is 64.9 Å². The molecule has 0 aromatic heterocycles. The van der Waals surface area contributed by atoms with Crippen LogP contribution in [-0.4, -0.2) is 17.0 Å². The zero-order valence-electron chi connectivity index (χ0n) is 14.2. The van der Waals surface area contributed by atoms with Crippen LogP contribution in [0.5, 0.6) is 0 Å². The molecule has 0 amide bonds. The topological polar surface area (TPSA) is 61.1 Å². The first kappa shape index (κ1) is 15.4. The fourth-order valence-corrected chi connectivity index (χ4v) is 6.65. The van der Waals surface area contributed by atoms with E-state index in [0.29, 0.717) is 24.0 Å². The van der Waals surface area contributed by atoms with Gasteiger partial charge in [-0.15, -0.1) is 0 Å². The van der Waals surface area contributed by atoms with Gasteiger partial charge in [0.1, 0.15) is 5.78 Å². The van der Waals surface area contributed by atoms with Gasteiger partial charge in [-0.1, -0.05) is 25.5 Å². The van der Waals surface area contributed by atoms with E-state index in [-0.39, 0.29) is 28.8 Å². The molecule has 124 valence electrons. The number of fused-ring (bicyclic) bond motifs is 5. The average molecular weight is 313 g/mol. The Labute approximate surface area is 138 Å². The van der Waals surface area contributed by atoms with Gasteiger partial charge in [0.25, 0.3) is 0 Å². The van der Waals surface area contributed by atoms with Gasteiger partial charge in [-0.05, 0) is 61.7 Å². The van der Waals surface area contributed by atoms with Crippen molar-refractivity contribution in [2.24, 2.45) is 34.5 Å². The molecule has 0 unspecified atom stereocenters. The first-order valence-corrected chi connectivity index (χ1v) is 9.20. The first-order valence-electron chi connectivity index (χ1n) is 9.20. The van der Waals surface area contributed by atoms with Crippen LogP contribution < -0.4 is 0 Å². The molecule has 0 bridgehead atoms. The van der Waals surface area contributed by atoms with Crippen molar-refractivity contribution in [3.05, 3.63) is 11.6 Å². The Kier molecular flexibility index (Phi) is 3.30. The summed E-state index contributed by atoms with van der Waals surface area (Å²) in [4.78, 5) is 12.6. The van der Waals surface area contributed by atoms with Crippen LogP contribution in [0.2, 0.25) is 0 Å². The molecular weight excluding hydrogens is 286 g/mol. The number of ketones is 1. The molecule has 7 atom stereocenters. The first-order chi connectivity index (χ1) is 10.9. The number of rotatable bonds is 0. The van der Waals surface area contributed by atoms with Gasteiger partial charge in [0.05, 0.1) is 18.1 Å². The summed E-state index contributed by atoms with van der Waals surface area (Å²) in [5, 5.41) is 19.6. The Morgan fingerprint density at radius 1 is 1.22 bits per heavy atom. The molecule has 0 aliphatic heterocycles. The lowest BCUT2D eigenvalue weighted by molar-refractivity contribution is -0.132. The van der Waals surface area contributed by atoms with E-state index in [1.807, 2.05) is 0 Å². The minimum Gasteiger partial charge on any atom is -0.393 e. The van der Waals surface area contributed by atoms with Crippen molar-refractivity contribution in [2.75, 3.05) is 0 Å². The van der Waals surface area contributed by atoms with E-state index in [9.17, 15) is 15.2 Å². The summed E-state index contributed by atoms with van der Waals surface area (Å²) in [6, 6.07) is 2.46. The molecule has 4 rings (SSSR count). The molecule has 1 N–H and O–H groups in total. The molecule has 3 heteroatoms. The van der Waals surface area contributed by atoms with Gasteiger partial charge in [0, 0.05) is 11.8 Å². The Balaban J connectivity index is 1.73. The molecule has 0 aromatic carbocycles. The summed E-state index contributed by atoms with van der Waals surface area (Å²) in [5.74, 6) is 1.52. The number of hydrogen-bond acceptors (Lipinski definition) is 3. The molecule has 3 saturated carbocycles. The van der Waals surface area contributed by atoms with E-state index >= 15 is 0 Å². The van der Waals surface area contributed by atoms with Gasteiger partial charge in [-0.2, -0.15) is 5.26 Å². The Morgan fingerprint density at radius 3 is 2.70 bits per heavy atom.